The molecule has 2 N–H and O–H groups in total. The summed E-state index contributed by atoms with van der Waals surface area (Å²) < 4.78 is 29.4. The Kier molecular flexibility index (Phi) is 6.77. The smallest absolute Gasteiger partial charge is 0.224 e. The van der Waals surface area contributed by atoms with Gasteiger partial charge in [0.2, 0.25) is 11.8 Å². The Bertz CT molecular complexity index is 1020. The molecule has 8 heteroatoms. The number of anilines is 2. The molecule has 0 aromatic heterocycles. The summed E-state index contributed by atoms with van der Waals surface area (Å²) in [5, 5.41) is 5.59. The van der Waals surface area contributed by atoms with Crippen LogP contribution in [0.1, 0.15) is 18.4 Å². The first-order valence-electron chi connectivity index (χ1n) is 9.75. The van der Waals surface area contributed by atoms with E-state index in [0.717, 1.165) is 5.56 Å². The fourth-order valence-electron chi connectivity index (χ4n) is 3.74. The van der Waals surface area contributed by atoms with Gasteiger partial charge in [-0.2, -0.15) is 0 Å². The van der Waals surface area contributed by atoms with E-state index in [0.29, 0.717) is 17.1 Å². The molecule has 2 atom stereocenters. The molecule has 0 spiro atoms. The van der Waals surface area contributed by atoms with E-state index in [4.69, 9.17) is 4.74 Å². The van der Waals surface area contributed by atoms with Crippen molar-refractivity contribution >= 4 is 33.0 Å². The maximum Gasteiger partial charge on any atom is 0.224 e. The van der Waals surface area contributed by atoms with Gasteiger partial charge in [-0.1, -0.05) is 12.1 Å². The predicted molar refractivity (Wildman–Crippen MR) is 116 cm³/mol. The largest absolute Gasteiger partial charge is 0.497 e. The van der Waals surface area contributed by atoms with E-state index in [9.17, 15) is 18.0 Å². The van der Waals surface area contributed by atoms with Crippen molar-refractivity contribution in [1.82, 2.24) is 0 Å². The fourth-order valence-corrected chi connectivity index (χ4v) is 5.96. The summed E-state index contributed by atoms with van der Waals surface area (Å²) in [5.74, 6) is -0.776. The molecule has 2 amide bonds. The maximum atomic E-state index is 12.5. The molecule has 7 nitrogen and oxygen atoms in total. The summed E-state index contributed by atoms with van der Waals surface area (Å²) in [7, 11) is -1.71. The first-order valence-corrected chi connectivity index (χ1v) is 11.6. The van der Waals surface area contributed by atoms with Gasteiger partial charge in [-0.05, 0) is 60.7 Å². The zero-order valence-corrected chi connectivity index (χ0v) is 17.9. The van der Waals surface area contributed by atoms with Crippen LogP contribution in [0.15, 0.2) is 48.5 Å². The molecule has 0 saturated carbocycles. The molecule has 160 valence electrons. The average molecular weight is 431 g/mol. The number of aryl methyl sites for hydroxylation is 1. The second-order valence-corrected chi connectivity index (χ2v) is 9.85. The van der Waals surface area contributed by atoms with Gasteiger partial charge >= 0.3 is 0 Å². The molecule has 0 bridgehead atoms. The lowest BCUT2D eigenvalue weighted by molar-refractivity contribution is -0.119. The van der Waals surface area contributed by atoms with E-state index in [-0.39, 0.29) is 42.1 Å². The van der Waals surface area contributed by atoms with E-state index in [1.807, 2.05) is 25.1 Å². The molecule has 1 saturated heterocycles. The van der Waals surface area contributed by atoms with E-state index in [2.05, 4.69) is 10.6 Å². The number of nitrogens with one attached hydrogen (secondary N) is 2. The van der Waals surface area contributed by atoms with E-state index >= 15 is 0 Å². The lowest BCUT2D eigenvalue weighted by atomic mass is 9.89. The Morgan fingerprint density at radius 3 is 2.03 bits per heavy atom. The number of carbonyl (C=O) groups is 2. The lowest BCUT2D eigenvalue weighted by Gasteiger charge is -2.17. The standard InChI is InChI=1S/C22H26N2O5S/c1-15-4-3-5-19(10-15)24-22(26)12-17-14-30(27,28)13-16(17)11-21(25)23-18-6-8-20(29-2)9-7-18/h3-10,16-17H,11-14H2,1-2H3,(H,23,25)(H,24,26)/t16-,17+/m1/s1. The summed E-state index contributed by atoms with van der Waals surface area (Å²) in [6, 6.07) is 14.3. The normalized spacial score (nSPS) is 19.8. The highest BCUT2D eigenvalue weighted by Crippen LogP contribution is 2.31. The summed E-state index contributed by atoms with van der Waals surface area (Å²) in [6.07, 6.45) is 0.112. The number of hydrogen-bond donors (Lipinski definition) is 2. The van der Waals surface area contributed by atoms with Crippen molar-refractivity contribution in [3.05, 3.63) is 54.1 Å². The molecule has 1 fully saturated rings. The van der Waals surface area contributed by atoms with Crippen LogP contribution in [0.25, 0.3) is 0 Å². The Hall–Kier alpha value is -2.87. The second kappa shape index (κ2) is 9.30. The number of methoxy groups -OCH3 is 1. The molecule has 0 aliphatic carbocycles. The van der Waals surface area contributed by atoms with Gasteiger partial charge in [-0.15, -0.1) is 0 Å². The van der Waals surface area contributed by atoms with Gasteiger partial charge in [0.15, 0.2) is 9.84 Å². The fraction of sp³-hybridized carbons (Fsp3) is 0.364. The molecular formula is C22H26N2O5S. The van der Waals surface area contributed by atoms with Crippen molar-refractivity contribution in [2.75, 3.05) is 29.2 Å². The first-order chi connectivity index (χ1) is 14.2. The van der Waals surface area contributed by atoms with Crippen molar-refractivity contribution in [3.63, 3.8) is 0 Å². The molecule has 1 aliphatic rings. The minimum atomic E-state index is -3.27. The van der Waals surface area contributed by atoms with Crippen LogP contribution < -0.4 is 15.4 Å². The van der Waals surface area contributed by atoms with Gasteiger partial charge in [0, 0.05) is 24.2 Å². The van der Waals surface area contributed by atoms with Crippen LogP contribution in [-0.4, -0.2) is 38.8 Å². The third kappa shape index (κ3) is 6.06. The van der Waals surface area contributed by atoms with Crippen LogP contribution in [-0.2, 0) is 19.4 Å². The predicted octanol–water partition coefficient (Wildman–Crippen LogP) is 3.02. The summed E-state index contributed by atoms with van der Waals surface area (Å²) in [6.45, 7) is 1.93. The molecular weight excluding hydrogens is 404 g/mol. The highest BCUT2D eigenvalue weighted by molar-refractivity contribution is 7.91. The summed E-state index contributed by atoms with van der Waals surface area (Å²) in [4.78, 5) is 24.9. The van der Waals surface area contributed by atoms with Crippen LogP contribution in [0.4, 0.5) is 11.4 Å². The summed E-state index contributed by atoms with van der Waals surface area (Å²) in [5.41, 5.74) is 2.30. The molecule has 1 heterocycles. The third-order valence-electron chi connectivity index (χ3n) is 5.17. The zero-order valence-electron chi connectivity index (χ0n) is 17.1. The van der Waals surface area contributed by atoms with E-state index in [1.54, 1.807) is 37.4 Å². The van der Waals surface area contributed by atoms with Crippen molar-refractivity contribution in [1.29, 1.82) is 0 Å². The SMILES string of the molecule is COc1ccc(NC(=O)C[C@@H]2CS(=O)(=O)C[C@@H]2CC(=O)Nc2cccc(C)c2)cc1. The molecule has 2 aromatic rings. The minimum Gasteiger partial charge on any atom is -0.497 e. The van der Waals surface area contributed by atoms with Crippen molar-refractivity contribution in [2.24, 2.45) is 11.8 Å². The minimum absolute atomic E-state index is 0.0493. The highest BCUT2D eigenvalue weighted by Gasteiger charge is 2.39. The van der Waals surface area contributed by atoms with Crippen LogP contribution >= 0.6 is 0 Å². The summed E-state index contributed by atoms with van der Waals surface area (Å²) >= 11 is 0. The number of carbonyl (C=O) groups excluding carboxylic acids is 2. The van der Waals surface area contributed by atoms with E-state index < -0.39 is 15.8 Å². The first kappa shape index (κ1) is 21.8. The van der Waals surface area contributed by atoms with Gasteiger partial charge < -0.3 is 15.4 Å². The second-order valence-electron chi connectivity index (χ2n) is 7.70. The highest BCUT2D eigenvalue weighted by atomic mass is 32.2. The lowest BCUT2D eigenvalue weighted by Crippen LogP contribution is -2.25. The molecule has 2 aromatic carbocycles. The number of amides is 2. The van der Waals surface area contributed by atoms with Crippen molar-refractivity contribution in [3.8, 4) is 5.75 Å². The Balaban J connectivity index is 1.60. The number of benzene rings is 2. The quantitative estimate of drug-likeness (QED) is 0.703. The Labute approximate surface area is 176 Å². The Morgan fingerprint density at radius 2 is 1.50 bits per heavy atom. The van der Waals surface area contributed by atoms with E-state index in [1.165, 1.54) is 0 Å². The van der Waals surface area contributed by atoms with Crippen molar-refractivity contribution in [2.45, 2.75) is 19.8 Å². The molecule has 1 aliphatic heterocycles. The molecule has 30 heavy (non-hydrogen) atoms. The molecule has 0 unspecified atom stereocenters. The van der Waals surface area contributed by atoms with Crippen LogP contribution in [0.2, 0.25) is 0 Å². The Morgan fingerprint density at radius 1 is 0.933 bits per heavy atom. The topological polar surface area (TPSA) is 102 Å². The van der Waals surface area contributed by atoms with Crippen LogP contribution in [0, 0.1) is 18.8 Å². The molecule has 3 rings (SSSR count). The van der Waals surface area contributed by atoms with Crippen LogP contribution in [0.5, 0.6) is 5.75 Å². The van der Waals surface area contributed by atoms with Gasteiger partial charge in [-0.25, -0.2) is 8.42 Å². The monoisotopic (exact) mass is 430 g/mol. The van der Waals surface area contributed by atoms with Gasteiger partial charge in [0.25, 0.3) is 0 Å². The number of ether oxygens (including phenoxy) is 1. The van der Waals surface area contributed by atoms with Gasteiger partial charge in [-0.3, -0.25) is 9.59 Å². The molecule has 0 radical (unpaired) electrons. The third-order valence-corrected chi connectivity index (χ3v) is 7.05. The number of rotatable bonds is 7. The average Bonchev–Trinajstić information content (AvgIpc) is 2.95. The van der Waals surface area contributed by atoms with Gasteiger partial charge in [0.1, 0.15) is 5.75 Å². The van der Waals surface area contributed by atoms with Crippen LogP contribution in [0.3, 0.4) is 0 Å². The number of sulfone groups is 1. The van der Waals surface area contributed by atoms with Gasteiger partial charge in [0.05, 0.1) is 18.6 Å². The van der Waals surface area contributed by atoms with Crippen molar-refractivity contribution < 1.29 is 22.7 Å². The maximum absolute atomic E-state index is 12.5. The zero-order chi connectivity index (χ0) is 21.7. The number of hydrogen-bond acceptors (Lipinski definition) is 5.